The van der Waals surface area contributed by atoms with Gasteiger partial charge in [-0.3, -0.25) is 4.79 Å². The number of ether oxygens (including phenoxy) is 2. The summed E-state index contributed by atoms with van der Waals surface area (Å²) < 4.78 is 12.5. The Morgan fingerprint density at radius 3 is 2.39 bits per heavy atom. The highest BCUT2D eigenvalue weighted by atomic mass is 16.5. The van der Waals surface area contributed by atoms with Crippen LogP contribution in [0.4, 0.5) is 0 Å². The van der Waals surface area contributed by atoms with Crippen LogP contribution >= 0.6 is 0 Å². The number of fused-ring (bicyclic) bond motifs is 1. The number of aliphatic hydroxyl groups is 1. The maximum absolute atomic E-state index is 12.4. The second-order valence-electron chi connectivity index (χ2n) is 6.22. The lowest BCUT2D eigenvalue weighted by atomic mass is 9.87. The Labute approximate surface area is 135 Å². The van der Waals surface area contributed by atoms with Crippen LogP contribution in [0.1, 0.15) is 25.7 Å². The Bertz CT molecular complexity index is 745. The van der Waals surface area contributed by atoms with Crippen molar-refractivity contribution in [3.63, 3.8) is 0 Å². The summed E-state index contributed by atoms with van der Waals surface area (Å²) in [6.45, 7) is 0.679. The van der Waals surface area contributed by atoms with Crippen LogP contribution in [0.2, 0.25) is 0 Å². The summed E-state index contributed by atoms with van der Waals surface area (Å²) in [4.78, 5) is 12.4. The summed E-state index contributed by atoms with van der Waals surface area (Å²) in [5.41, 5.74) is 0.858. The van der Waals surface area contributed by atoms with Crippen molar-refractivity contribution in [3.8, 4) is 11.5 Å². The van der Waals surface area contributed by atoms with E-state index in [0.717, 1.165) is 36.6 Å². The van der Waals surface area contributed by atoms with Crippen LogP contribution < -0.4 is 15.0 Å². The molecule has 0 unspecified atom stereocenters. The maximum atomic E-state index is 12.4. The molecule has 0 bridgehead atoms. The minimum absolute atomic E-state index is 0.00385. The molecule has 1 heterocycles. The zero-order valence-electron chi connectivity index (χ0n) is 13.6. The van der Waals surface area contributed by atoms with E-state index in [1.807, 2.05) is 22.8 Å². The SMILES string of the molecule is COc1cc2ccc(=O)n(CC3CCC(O)CC3)c2cc1OC. The number of pyridine rings is 1. The number of nitrogens with zero attached hydrogens (tertiary/aromatic N) is 1. The molecule has 1 N–H and O–H groups in total. The van der Waals surface area contributed by atoms with E-state index in [2.05, 4.69) is 0 Å². The minimum atomic E-state index is -0.181. The van der Waals surface area contributed by atoms with E-state index in [0.29, 0.717) is 24.0 Å². The second-order valence-corrected chi connectivity index (χ2v) is 6.22. The molecule has 0 radical (unpaired) electrons. The van der Waals surface area contributed by atoms with Crippen LogP contribution in [0.3, 0.4) is 0 Å². The van der Waals surface area contributed by atoms with Crippen LogP contribution in [0.5, 0.6) is 11.5 Å². The first-order valence-corrected chi connectivity index (χ1v) is 8.06. The maximum Gasteiger partial charge on any atom is 0.251 e. The summed E-state index contributed by atoms with van der Waals surface area (Å²) in [5, 5.41) is 10.6. The normalized spacial score (nSPS) is 21.3. The van der Waals surface area contributed by atoms with Crippen LogP contribution in [0.25, 0.3) is 10.9 Å². The highest BCUT2D eigenvalue weighted by molar-refractivity contribution is 5.83. The molecule has 0 spiro atoms. The van der Waals surface area contributed by atoms with Gasteiger partial charge in [-0.15, -0.1) is 0 Å². The number of aliphatic hydroxyl groups excluding tert-OH is 1. The van der Waals surface area contributed by atoms with Crippen molar-refractivity contribution >= 4 is 10.9 Å². The fraction of sp³-hybridized carbons (Fsp3) is 0.500. The highest BCUT2D eigenvalue weighted by Crippen LogP contribution is 2.32. The summed E-state index contributed by atoms with van der Waals surface area (Å²) in [5.74, 6) is 1.71. The Kier molecular flexibility index (Phi) is 4.57. The predicted molar refractivity (Wildman–Crippen MR) is 89.3 cm³/mol. The molecular weight excluding hydrogens is 294 g/mol. The first-order valence-electron chi connectivity index (χ1n) is 8.06. The van der Waals surface area contributed by atoms with Gasteiger partial charge >= 0.3 is 0 Å². The summed E-state index contributed by atoms with van der Waals surface area (Å²) >= 11 is 0. The lowest BCUT2D eigenvalue weighted by molar-refractivity contribution is 0.104. The third-order valence-corrected chi connectivity index (χ3v) is 4.75. The summed E-state index contributed by atoms with van der Waals surface area (Å²) in [6, 6.07) is 7.19. The third-order valence-electron chi connectivity index (χ3n) is 4.75. The molecule has 23 heavy (non-hydrogen) atoms. The van der Waals surface area contributed by atoms with Crippen molar-refractivity contribution in [1.29, 1.82) is 0 Å². The second kappa shape index (κ2) is 6.62. The average molecular weight is 317 g/mol. The predicted octanol–water partition coefficient (Wildman–Crippen LogP) is 2.57. The van der Waals surface area contributed by atoms with Gasteiger partial charge < -0.3 is 19.1 Å². The molecular formula is C18H23NO4. The van der Waals surface area contributed by atoms with E-state index in [4.69, 9.17) is 9.47 Å². The van der Waals surface area contributed by atoms with Crippen molar-refractivity contribution in [2.75, 3.05) is 14.2 Å². The molecule has 1 saturated carbocycles. The average Bonchev–Trinajstić information content (AvgIpc) is 2.58. The van der Waals surface area contributed by atoms with Crippen molar-refractivity contribution in [2.24, 2.45) is 5.92 Å². The largest absolute Gasteiger partial charge is 0.493 e. The lowest BCUT2D eigenvalue weighted by Gasteiger charge is -2.26. The van der Waals surface area contributed by atoms with Crippen LogP contribution in [0.15, 0.2) is 29.1 Å². The van der Waals surface area contributed by atoms with Gasteiger partial charge in [-0.1, -0.05) is 0 Å². The molecule has 0 amide bonds. The number of methoxy groups -OCH3 is 2. The zero-order chi connectivity index (χ0) is 16.4. The highest BCUT2D eigenvalue weighted by Gasteiger charge is 2.21. The summed E-state index contributed by atoms with van der Waals surface area (Å²) in [6.07, 6.45) is 3.37. The van der Waals surface area contributed by atoms with Crippen molar-refractivity contribution < 1.29 is 14.6 Å². The number of hydrogen-bond acceptors (Lipinski definition) is 4. The number of aromatic nitrogens is 1. The van der Waals surface area contributed by atoms with Gasteiger partial charge in [0.2, 0.25) is 0 Å². The fourth-order valence-corrected chi connectivity index (χ4v) is 3.39. The van der Waals surface area contributed by atoms with Crippen molar-refractivity contribution in [1.82, 2.24) is 4.57 Å². The van der Waals surface area contributed by atoms with Crippen LogP contribution in [-0.2, 0) is 6.54 Å². The smallest absolute Gasteiger partial charge is 0.251 e. The Hall–Kier alpha value is -2.01. The molecule has 1 aliphatic rings. The molecule has 1 aliphatic carbocycles. The van der Waals surface area contributed by atoms with E-state index >= 15 is 0 Å². The molecule has 0 saturated heterocycles. The molecule has 1 aromatic heterocycles. The molecule has 1 fully saturated rings. The van der Waals surface area contributed by atoms with Gasteiger partial charge in [0.1, 0.15) is 0 Å². The van der Waals surface area contributed by atoms with Gasteiger partial charge in [0.15, 0.2) is 11.5 Å². The number of hydrogen-bond donors (Lipinski definition) is 1. The van der Waals surface area contributed by atoms with E-state index in [1.54, 1.807) is 20.3 Å². The van der Waals surface area contributed by atoms with Gasteiger partial charge in [0, 0.05) is 24.1 Å². The third kappa shape index (κ3) is 3.20. The number of rotatable bonds is 4. The van der Waals surface area contributed by atoms with E-state index in [9.17, 15) is 9.90 Å². The topological polar surface area (TPSA) is 60.7 Å². The molecule has 0 atom stereocenters. The molecule has 3 rings (SSSR count). The van der Waals surface area contributed by atoms with Gasteiger partial charge in [-0.05, 0) is 43.7 Å². The van der Waals surface area contributed by atoms with Gasteiger partial charge in [0.25, 0.3) is 5.56 Å². The zero-order valence-corrected chi connectivity index (χ0v) is 13.6. The fourth-order valence-electron chi connectivity index (χ4n) is 3.39. The minimum Gasteiger partial charge on any atom is -0.493 e. The Morgan fingerprint density at radius 2 is 1.74 bits per heavy atom. The first-order chi connectivity index (χ1) is 11.1. The van der Waals surface area contributed by atoms with E-state index in [1.165, 1.54) is 0 Å². The van der Waals surface area contributed by atoms with Crippen molar-refractivity contribution in [2.45, 2.75) is 38.3 Å². The molecule has 124 valence electrons. The van der Waals surface area contributed by atoms with Crippen LogP contribution in [0, 0.1) is 5.92 Å². The van der Waals surface area contributed by atoms with E-state index in [-0.39, 0.29) is 11.7 Å². The molecule has 2 aromatic rings. The standard InChI is InChI=1S/C18H23NO4/c1-22-16-9-13-5-8-18(21)19(15(13)10-17(16)23-2)11-12-3-6-14(20)7-4-12/h5,8-10,12,14,20H,3-4,6-7,11H2,1-2H3. The summed E-state index contributed by atoms with van der Waals surface area (Å²) in [7, 11) is 3.20. The molecule has 5 nitrogen and oxygen atoms in total. The van der Waals surface area contributed by atoms with Gasteiger partial charge in [-0.2, -0.15) is 0 Å². The Morgan fingerprint density at radius 1 is 1.09 bits per heavy atom. The molecule has 1 aromatic carbocycles. The lowest BCUT2D eigenvalue weighted by Crippen LogP contribution is -2.27. The molecule has 0 aliphatic heterocycles. The van der Waals surface area contributed by atoms with Crippen molar-refractivity contribution in [3.05, 3.63) is 34.6 Å². The Balaban J connectivity index is 2.01. The monoisotopic (exact) mass is 317 g/mol. The van der Waals surface area contributed by atoms with E-state index < -0.39 is 0 Å². The molecule has 5 heteroatoms. The quantitative estimate of drug-likeness (QED) is 0.941. The van der Waals surface area contributed by atoms with Gasteiger partial charge in [0.05, 0.1) is 25.8 Å². The van der Waals surface area contributed by atoms with Gasteiger partial charge in [-0.25, -0.2) is 0 Å². The first kappa shape index (κ1) is 15.9. The van der Waals surface area contributed by atoms with Crippen LogP contribution in [-0.4, -0.2) is 30.0 Å². The number of benzene rings is 1.